The van der Waals surface area contributed by atoms with E-state index in [1.165, 1.54) is 16.0 Å². The number of carbonyl (C=O) groups excluding carboxylic acids is 3. The Kier molecular flexibility index (Phi) is 7.53. The van der Waals surface area contributed by atoms with Crippen molar-refractivity contribution in [2.24, 2.45) is 0 Å². The minimum absolute atomic E-state index is 0.0734. The van der Waals surface area contributed by atoms with Crippen LogP contribution in [0.15, 0.2) is 133 Å². The highest BCUT2D eigenvalue weighted by Gasteiger charge is 2.49. The van der Waals surface area contributed by atoms with Crippen LogP contribution >= 0.6 is 0 Å². The molecule has 0 saturated carbocycles. The fourth-order valence-electron chi connectivity index (χ4n) is 8.12. The lowest BCUT2D eigenvalue weighted by Crippen LogP contribution is -2.55. The number of imide groups is 1. The van der Waals surface area contributed by atoms with Gasteiger partial charge in [0.05, 0.1) is 17.2 Å². The summed E-state index contributed by atoms with van der Waals surface area (Å²) >= 11 is 0. The molecule has 3 aliphatic heterocycles. The second-order valence-corrected chi connectivity index (χ2v) is 13.0. The second kappa shape index (κ2) is 12.1. The van der Waals surface area contributed by atoms with Crippen LogP contribution in [0.4, 0.5) is 0 Å². The van der Waals surface area contributed by atoms with Gasteiger partial charge < -0.3 is 4.90 Å². The predicted octanol–water partition coefficient (Wildman–Crippen LogP) is 8.22. The molecule has 1 fully saturated rings. The number of rotatable bonds is 6. The molecule has 0 aliphatic carbocycles. The number of fused-ring (bicyclic) bond motifs is 4. The van der Waals surface area contributed by atoms with Gasteiger partial charge in [-0.1, -0.05) is 115 Å². The molecule has 1 unspecified atom stereocenters. The van der Waals surface area contributed by atoms with Crippen LogP contribution in [0, 0.1) is 0 Å². The normalized spacial score (nSPS) is 20.5. The van der Waals surface area contributed by atoms with Gasteiger partial charge in [-0.2, -0.15) is 0 Å². The summed E-state index contributed by atoms with van der Waals surface area (Å²) < 4.78 is 0. The Morgan fingerprint density at radius 3 is 1.79 bits per heavy atom. The van der Waals surface area contributed by atoms with Crippen LogP contribution < -0.4 is 0 Å². The fourth-order valence-corrected chi connectivity index (χ4v) is 8.12. The van der Waals surface area contributed by atoms with Gasteiger partial charge in [-0.15, -0.1) is 0 Å². The van der Waals surface area contributed by atoms with Gasteiger partial charge in [0.1, 0.15) is 6.04 Å². The van der Waals surface area contributed by atoms with E-state index in [1.54, 1.807) is 24.3 Å². The van der Waals surface area contributed by atoms with Crippen LogP contribution in [-0.4, -0.2) is 39.6 Å². The molecule has 3 heterocycles. The summed E-state index contributed by atoms with van der Waals surface area (Å²) in [7, 11) is 0. The van der Waals surface area contributed by atoms with Crippen LogP contribution in [0.2, 0.25) is 0 Å². The molecule has 0 aromatic heterocycles. The minimum atomic E-state index is -0.916. The van der Waals surface area contributed by atoms with E-state index in [0.717, 1.165) is 47.9 Å². The molecule has 5 heteroatoms. The Hall–Kier alpha value is -5.29. The standard InChI is InChI=1S/C42H36N2O3/c45-40-34-20-10-11-21-35(34)41(46)44(40)39-26-32-24-23-31(28-13-4-1-5-14-28)25-37(32)38-22-12-19-33(43(38)42(39)47)27-36(29-15-6-2-7-16-29)30-17-8-3-9-18-30/h1-11,13-18,20-21,23-25,33,36,38-39H,12,19,22,26-27H2/t33-,38+,39?/m0/s1. The molecule has 3 aliphatic rings. The molecule has 47 heavy (non-hydrogen) atoms. The molecule has 5 aromatic rings. The SMILES string of the molecule is O=C1c2ccccc2C(=O)N1C1Cc2ccc(-c3ccccc3)cc2[C@H]2CCC[C@@H](CC(c3ccccc3)c3ccccc3)N2C1=O. The van der Waals surface area contributed by atoms with E-state index in [4.69, 9.17) is 0 Å². The lowest BCUT2D eigenvalue weighted by molar-refractivity contribution is -0.142. The van der Waals surface area contributed by atoms with Gasteiger partial charge in [0, 0.05) is 18.4 Å². The summed E-state index contributed by atoms with van der Waals surface area (Å²) in [5, 5.41) is 0. The number of nitrogens with zero attached hydrogens (tertiary/aromatic N) is 2. The third kappa shape index (κ3) is 5.16. The number of benzene rings is 5. The van der Waals surface area contributed by atoms with Crippen LogP contribution in [0.25, 0.3) is 11.1 Å². The van der Waals surface area contributed by atoms with Crippen LogP contribution in [0.3, 0.4) is 0 Å². The van der Waals surface area contributed by atoms with Gasteiger partial charge in [0.25, 0.3) is 11.8 Å². The molecule has 3 atom stereocenters. The lowest BCUT2D eigenvalue weighted by Gasteiger charge is -2.44. The third-order valence-electron chi connectivity index (χ3n) is 10.4. The van der Waals surface area contributed by atoms with Crippen molar-refractivity contribution in [3.8, 4) is 11.1 Å². The van der Waals surface area contributed by atoms with Gasteiger partial charge in [0.15, 0.2) is 0 Å². The third-order valence-corrected chi connectivity index (χ3v) is 10.4. The summed E-state index contributed by atoms with van der Waals surface area (Å²) in [6.07, 6.45) is 3.74. The van der Waals surface area contributed by atoms with E-state index >= 15 is 4.79 Å². The van der Waals surface area contributed by atoms with Gasteiger partial charge >= 0.3 is 0 Å². The second-order valence-electron chi connectivity index (χ2n) is 13.0. The number of amides is 3. The van der Waals surface area contributed by atoms with Crippen molar-refractivity contribution >= 4 is 17.7 Å². The van der Waals surface area contributed by atoms with Crippen LogP contribution in [-0.2, 0) is 11.2 Å². The summed E-state index contributed by atoms with van der Waals surface area (Å²) in [5.74, 6) is -0.814. The maximum atomic E-state index is 15.1. The largest absolute Gasteiger partial charge is 0.331 e. The topological polar surface area (TPSA) is 57.7 Å². The molecule has 8 rings (SSSR count). The number of carbonyl (C=O) groups is 3. The van der Waals surface area contributed by atoms with Crippen molar-refractivity contribution in [2.75, 3.05) is 0 Å². The van der Waals surface area contributed by atoms with E-state index in [-0.39, 0.29) is 35.7 Å². The van der Waals surface area contributed by atoms with Gasteiger partial charge in [-0.05, 0) is 77.3 Å². The molecule has 0 spiro atoms. The van der Waals surface area contributed by atoms with Gasteiger partial charge in [-0.25, -0.2) is 0 Å². The highest BCUT2D eigenvalue weighted by atomic mass is 16.2. The Balaban J connectivity index is 1.24. The smallest absolute Gasteiger partial charge is 0.262 e. The van der Waals surface area contributed by atoms with Crippen molar-refractivity contribution < 1.29 is 14.4 Å². The van der Waals surface area contributed by atoms with Crippen molar-refractivity contribution in [1.82, 2.24) is 9.80 Å². The van der Waals surface area contributed by atoms with Crippen molar-refractivity contribution in [1.29, 1.82) is 0 Å². The zero-order chi connectivity index (χ0) is 31.9. The van der Waals surface area contributed by atoms with E-state index in [1.807, 2.05) is 30.3 Å². The lowest BCUT2D eigenvalue weighted by atomic mass is 9.81. The van der Waals surface area contributed by atoms with Crippen molar-refractivity contribution in [2.45, 2.75) is 56.1 Å². The van der Waals surface area contributed by atoms with E-state index in [2.05, 4.69) is 83.8 Å². The first kappa shape index (κ1) is 29.1. The maximum Gasteiger partial charge on any atom is 0.262 e. The monoisotopic (exact) mass is 616 g/mol. The minimum Gasteiger partial charge on any atom is -0.331 e. The summed E-state index contributed by atoms with van der Waals surface area (Å²) in [6, 6.07) is 43.6. The number of piperidine rings is 1. The zero-order valence-corrected chi connectivity index (χ0v) is 26.2. The van der Waals surface area contributed by atoms with Crippen molar-refractivity contribution in [3.63, 3.8) is 0 Å². The first-order chi connectivity index (χ1) is 23.1. The number of hydrogen-bond acceptors (Lipinski definition) is 3. The van der Waals surface area contributed by atoms with Crippen molar-refractivity contribution in [3.05, 3.63) is 167 Å². The quantitative estimate of drug-likeness (QED) is 0.181. The zero-order valence-electron chi connectivity index (χ0n) is 26.2. The predicted molar refractivity (Wildman–Crippen MR) is 183 cm³/mol. The molecule has 5 nitrogen and oxygen atoms in total. The summed E-state index contributed by atoms with van der Waals surface area (Å²) in [4.78, 5) is 46.1. The molecule has 0 N–H and O–H groups in total. The average molecular weight is 617 g/mol. The Morgan fingerprint density at radius 1 is 0.596 bits per heavy atom. The highest BCUT2D eigenvalue weighted by molar-refractivity contribution is 6.23. The van der Waals surface area contributed by atoms with E-state index < -0.39 is 6.04 Å². The summed E-state index contributed by atoms with van der Waals surface area (Å²) in [6.45, 7) is 0. The molecule has 1 saturated heterocycles. The Bertz CT molecular complexity index is 1880. The molecule has 3 amide bonds. The van der Waals surface area contributed by atoms with Crippen LogP contribution in [0.5, 0.6) is 0 Å². The van der Waals surface area contributed by atoms with Gasteiger partial charge in [0.2, 0.25) is 5.91 Å². The molecule has 5 aromatic carbocycles. The molecule has 0 radical (unpaired) electrons. The van der Waals surface area contributed by atoms with E-state index in [0.29, 0.717) is 17.5 Å². The molecular formula is C42H36N2O3. The Labute approximate surface area is 275 Å². The first-order valence-electron chi connectivity index (χ1n) is 16.7. The number of hydrogen-bond donors (Lipinski definition) is 0. The molecular weight excluding hydrogens is 580 g/mol. The highest BCUT2D eigenvalue weighted by Crippen LogP contribution is 2.45. The summed E-state index contributed by atoms with van der Waals surface area (Å²) in [5.41, 5.74) is 7.54. The fraction of sp³-hybridized carbons (Fsp3) is 0.214. The Morgan fingerprint density at radius 2 is 1.17 bits per heavy atom. The molecule has 232 valence electrons. The first-order valence-corrected chi connectivity index (χ1v) is 16.7. The maximum absolute atomic E-state index is 15.1. The average Bonchev–Trinajstić information content (AvgIpc) is 3.31. The van der Waals surface area contributed by atoms with Crippen LogP contribution in [0.1, 0.15) is 80.6 Å². The van der Waals surface area contributed by atoms with E-state index in [9.17, 15) is 9.59 Å². The molecule has 0 bridgehead atoms. The van der Waals surface area contributed by atoms with Gasteiger partial charge in [-0.3, -0.25) is 19.3 Å².